The monoisotopic (exact) mass is 523 g/mol. The van der Waals surface area contributed by atoms with Gasteiger partial charge in [0.1, 0.15) is 17.4 Å². The van der Waals surface area contributed by atoms with Crippen molar-refractivity contribution in [3.63, 3.8) is 0 Å². The fourth-order valence-corrected chi connectivity index (χ4v) is 5.70. The molecule has 4 rings (SSSR count). The highest BCUT2D eigenvalue weighted by Crippen LogP contribution is 2.37. The molecule has 2 N–H and O–H groups in total. The minimum atomic E-state index is -4.21. The van der Waals surface area contributed by atoms with E-state index in [2.05, 4.69) is 45.7 Å². The van der Waals surface area contributed by atoms with E-state index in [4.69, 9.17) is 4.74 Å². The maximum absolute atomic E-state index is 13.2. The molecule has 1 aromatic carbocycles. The van der Waals surface area contributed by atoms with Crippen molar-refractivity contribution in [2.45, 2.75) is 44.2 Å². The Morgan fingerprint density at radius 1 is 1.14 bits per heavy atom. The summed E-state index contributed by atoms with van der Waals surface area (Å²) in [6.07, 6.45) is 3.28. The van der Waals surface area contributed by atoms with Crippen molar-refractivity contribution < 1.29 is 17.9 Å². The first kappa shape index (κ1) is 26.4. The zero-order valence-electron chi connectivity index (χ0n) is 21.6. The van der Waals surface area contributed by atoms with Crippen molar-refractivity contribution in [1.29, 1.82) is 0 Å². The second-order valence-electron chi connectivity index (χ2n) is 9.93. The van der Waals surface area contributed by atoms with E-state index in [1.54, 1.807) is 37.6 Å². The van der Waals surface area contributed by atoms with Gasteiger partial charge in [-0.3, -0.25) is 4.79 Å². The smallest absolute Gasteiger partial charge is 0.281 e. The van der Waals surface area contributed by atoms with Crippen LogP contribution in [0.3, 0.4) is 0 Å². The summed E-state index contributed by atoms with van der Waals surface area (Å²) in [5, 5.41) is 2.90. The molecule has 1 aliphatic heterocycles. The summed E-state index contributed by atoms with van der Waals surface area (Å²) in [5.74, 6) is 1.36. The first-order chi connectivity index (χ1) is 17.6. The van der Waals surface area contributed by atoms with Gasteiger partial charge in [0.05, 0.1) is 12.7 Å². The van der Waals surface area contributed by atoms with Gasteiger partial charge in [-0.1, -0.05) is 25.1 Å². The maximum Gasteiger partial charge on any atom is 0.281 e. The standard InChI is InChI=1S/C27H33N5O4S/c1-19-17-27(2,3)32(18-19)25-22(7-6-15-29-25)26(33)31-37(34,35)24-9-5-8-23(30-24)28-16-14-20-10-12-21(36-4)13-11-20/h5-13,15,19H,14,16-18H2,1-4H3,(H,28,30)(H,31,33). The van der Waals surface area contributed by atoms with Gasteiger partial charge >= 0.3 is 0 Å². The number of ether oxygens (including phenoxy) is 1. The molecule has 196 valence electrons. The van der Waals surface area contributed by atoms with E-state index in [0.717, 1.165) is 24.3 Å². The van der Waals surface area contributed by atoms with E-state index in [9.17, 15) is 13.2 Å². The lowest BCUT2D eigenvalue weighted by Gasteiger charge is -2.33. The van der Waals surface area contributed by atoms with Gasteiger partial charge in [-0.2, -0.15) is 8.42 Å². The van der Waals surface area contributed by atoms with E-state index < -0.39 is 15.9 Å². The van der Waals surface area contributed by atoms with Crippen LogP contribution in [-0.2, 0) is 16.4 Å². The van der Waals surface area contributed by atoms with E-state index in [0.29, 0.717) is 30.5 Å². The number of nitrogens with one attached hydrogen (secondary N) is 2. The molecule has 0 radical (unpaired) electrons. The highest BCUT2D eigenvalue weighted by molar-refractivity contribution is 7.90. The lowest BCUT2D eigenvalue weighted by Crippen LogP contribution is -2.41. The van der Waals surface area contributed by atoms with E-state index >= 15 is 0 Å². The minimum Gasteiger partial charge on any atom is -0.497 e. The molecule has 1 saturated heterocycles. The maximum atomic E-state index is 13.2. The molecule has 1 unspecified atom stereocenters. The first-order valence-corrected chi connectivity index (χ1v) is 13.7. The van der Waals surface area contributed by atoms with Crippen LogP contribution >= 0.6 is 0 Å². The van der Waals surface area contributed by atoms with Crippen molar-refractivity contribution in [2.75, 3.05) is 30.4 Å². The quantitative estimate of drug-likeness (QED) is 0.434. The molecule has 37 heavy (non-hydrogen) atoms. The Kier molecular flexibility index (Phi) is 7.68. The van der Waals surface area contributed by atoms with Crippen LogP contribution in [0.2, 0.25) is 0 Å². The molecule has 3 aromatic rings. The molecule has 0 aliphatic carbocycles. The van der Waals surface area contributed by atoms with Crippen LogP contribution in [0.1, 0.15) is 43.1 Å². The van der Waals surface area contributed by atoms with Gasteiger partial charge in [-0.15, -0.1) is 0 Å². The summed E-state index contributed by atoms with van der Waals surface area (Å²) in [6, 6.07) is 15.6. The summed E-state index contributed by atoms with van der Waals surface area (Å²) >= 11 is 0. The normalized spacial score (nSPS) is 16.9. The average Bonchev–Trinajstić information content (AvgIpc) is 3.15. The predicted octanol–water partition coefficient (Wildman–Crippen LogP) is 3.88. The molecular formula is C27H33N5O4S. The Morgan fingerprint density at radius 2 is 1.89 bits per heavy atom. The van der Waals surface area contributed by atoms with Crippen molar-refractivity contribution in [3.05, 3.63) is 71.9 Å². The SMILES string of the molecule is COc1ccc(CCNc2cccc(S(=O)(=O)NC(=O)c3cccnc3N3CC(C)CC3(C)C)n2)cc1. The molecule has 9 nitrogen and oxygen atoms in total. The fraction of sp³-hybridized carbons (Fsp3) is 0.370. The topological polar surface area (TPSA) is 114 Å². The number of carbonyl (C=O) groups excluding carboxylic acids is 1. The van der Waals surface area contributed by atoms with Crippen molar-refractivity contribution in [1.82, 2.24) is 14.7 Å². The van der Waals surface area contributed by atoms with Crippen molar-refractivity contribution >= 4 is 27.6 Å². The van der Waals surface area contributed by atoms with Gasteiger partial charge in [-0.25, -0.2) is 14.7 Å². The van der Waals surface area contributed by atoms with E-state index in [-0.39, 0.29) is 16.1 Å². The number of benzene rings is 1. The molecule has 0 saturated carbocycles. The minimum absolute atomic E-state index is 0.199. The largest absolute Gasteiger partial charge is 0.497 e. The van der Waals surface area contributed by atoms with Crippen molar-refractivity contribution in [2.24, 2.45) is 5.92 Å². The van der Waals surface area contributed by atoms with Gasteiger partial charge < -0.3 is 15.0 Å². The van der Waals surface area contributed by atoms with Crippen LogP contribution < -0.4 is 19.7 Å². The second-order valence-corrected chi connectivity index (χ2v) is 11.6. The van der Waals surface area contributed by atoms with Crippen LogP contribution in [0.4, 0.5) is 11.6 Å². The fourth-order valence-electron chi connectivity index (χ4n) is 4.77. The number of hydrogen-bond donors (Lipinski definition) is 2. The molecule has 1 fully saturated rings. The molecule has 3 heterocycles. The zero-order chi connectivity index (χ0) is 26.6. The van der Waals surface area contributed by atoms with Gasteiger partial charge in [-0.05, 0) is 74.6 Å². The summed E-state index contributed by atoms with van der Waals surface area (Å²) in [4.78, 5) is 23.9. The van der Waals surface area contributed by atoms with Crippen LogP contribution in [0.25, 0.3) is 0 Å². The number of carbonyl (C=O) groups is 1. The summed E-state index contributed by atoms with van der Waals surface area (Å²) in [7, 11) is -2.58. The van der Waals surface area contributed by atoms with Gasteiger partial charge in [0.2, 0.25) is 0 Å². The second kappa shape index (κ2) is 10.8. The van der Waals surface area contributed by atoms with E-state index in [1.807, 2.05) is 24.3 Å². The summed E-state index contributed by atoms with van der Waals surface area (Å²) < 4.78 is 33.5. The molecule has 2 aromatic heterocycles. The number of sulfonamides is 1. The molecular weight excluding hydrogens is 490 g/mol. The molecule has 1 atom stereocenters. The third kappa shape index (κ3) is 6.19. The number of nitrogens with zero attached hydrogens (tertiary/aromatic N) is 3. The number of amides is 1. The molecule has 1 amide bonds. The molecule has 0 spiro atoms. The number of hydrogen-bond acceptors (Lipinski definition) is 8. The predicted molar refractivity (Wildman–Crippen MR) is 144 cm³/mol. The van der Waals surface area contributed by atoms with Crippen molar-refractivity contribution in [3.8, 4) is 5.75 Å². The van der Waals surface area contributed by atoms with Gasteiger partial charge in [0.15, 0.2) is 5.03 Å². The lowest BCUT2D eigenvalue weighted by atomic mass is 9.97. The summed E-state index contributed by atoms with van der Waals surface area (Å²) in [6.45, 7) is 7.64. The summed E-state index contributed by atoms with van der Waals surface area (Å²) in [5.41, 5.74) is 1.11. The third-order valence-electron chi connectivity index (χ3n) is 6.46. The van der Waals surface area contributed by atoms with Crippen LogP contribution in [0.15, 0.2) is 65.8 Å². The number of rotatable bonds is 9. The third-order valence-corrected chi connectivity index (χ3v) is 7.70. The Labute approximate surface area is 218 Å². The highest BCUT2D eigenvalue weighted by atomic mass is 32.2. The van der Waals surface area contributed by atoms with Crippen LogP contribution in [-0.4, -0.2) is 50.0 Å². The molecule has 10 heteroatoms. The first-order valence-electron chi connectivity index (χ1n) is 12.2. The number of methoxy groups -OCH3 is 1. The highest BCUT2D eigenvalue weighted by Gasteiger charge is 2.39. The Morgan fingerprint density at radius 3 is 2.57 bits per heavy atom. The number of aromatic nitrogens is 2. The molecule has 0 bridgehead atoms. The average molecular weight is 524 g/mol. The Bertz CT molecular complexity index is 1360. The van der Waals surface area contributed by atoms with Crippen LogP contribution in [0, 0.1) is 5.92 Å². The Hall–Kier alpha value is -3.66. The van der Waals surface area contributed by atoms with Crippen LogP contribution in [0.5, 0.6) is 5.75 Å². The lowest BCUT2D eigenvalue weighted by molar-refractivity contribution is 0.0981. The Balaban J connectivity index is 1.45. The molecule has 1 aliphatic rings. The van der Waals surface area contributed by atoms with E-state index in [1.165, 1.54) is 6.07 Å². The number of pyridine rings is 2. The van der Waals surface area contributed by atoms with Gasteiger partial charge in [0.25, 0.3) is 15.9 Å². The zero-order valence-corrected chi connectivity index (χ0v) is 22.4. The number of anilines is 2. The van der Waals surface area contributed by atoms with Gasteiger partial charge in [0, 0.05) is 24.8 Å².